The Morgan fingerprint density at radius 3 is 2.69 bits per heavy atom. The first-order valence-corrected chi connectivity index (χ1v) is 10.5. The van der Waals surface area contributed by atoms with E-state index in [0.717, 1.165) is 17.8 Å². The molecule has 6 nitrogen and oxygen atoms in total. The van der Waals surface area contributed by atoms with Crippen molar-refractivity contribution in [1.29, 1.82) is 0 Å². The third-order valence-electron chi connectivity index (χ3n) is 4.54. The maximum absolute atomic E-state index is 12.2. The summed E-state index contributed by atoms with van der Waals surface area (Å²) in [6.07, 6.45) is 2.32. The second-order valence-corrected chi connectivity index (χ2v) is 9.16. The Morgan fingerprint density at radius 2 is 2.04 bits per heavy atom. The van der Waals surface area contributed by atoms with E-state index < -0.39 is 9.84 Å². The van der Waals surface area contributed by atoms with Crippen LogP contribution in [0.25, 0.3) is 0 Å². The number of amides is 1. The van der Waals surface area contributed by atoms with Crippen LogP contribution in [0.1, 0.15) is 30.8 Å². The zero-order chi connectivity index (χ0) is 18.9. The number of sulfone groups is 1. The number of benzene rings is 1. The average Bonchev–Trinajstić information content (AvgIpc) is 3.09. The van der Waals surface area contributed by atoms with Gasteiger partial charge in [-0.05, 0) is 49.7 Å². The van der Waals surface area contributed by atoms with E-state index in [1.165, 1.54) is 18.6 Å². The van der Waals surface area contributed by atoms with Crippen LogP contribution in [0.3, 0.4) is 0 Å². The van der Waals surface area contributed by atoms with Crippen molar-refractivity contribution in [2.24, 2.45) is 5.92 Å². The highest BCUT2D eigenvalue weighted by molar-refractivity contribution is 7.90. The standard InChI is InChI=1S/C19H24N2O4S/c1-13-9-17(13)18-8-7-15(25-18)11-21(2)12-19(22)20-14-5-4-6-16(10-14)26(3,23)24/h4-8,10,13,17H,9,11-12H2,1-3H3,(H,20,22)/t13-,17+/m0/s1. The van der Waals surface area contributed by atoms with Crippen molar-refractivity contribution in [1.82, 2.24) is 4.90 Å². The summed E-state index contributed by atoms with van der Waals surface area (Å²) in [7, 11) is -1.46. The van der Waals surface area contributed by atoms with E-state index in [-0.39, 0.29) is 17.3 Å². The van der Waals surface area contributed by atoms with Crippen molar-refractivity contribution in [2.45, 2.75) is 30.7 Å². The third kappa shape index (κ3) is 4.74. The lowest BCUT2D eigenvalue weighted by atomic mass is 10.3. The molecule has 0 unspecified atom stereocenters. The molecule has 140 valence electrons. The summed E-state index contributed by atoms with van der Waals surface area (Å²) in [4.78, 5) is 14.2. The molecule has 3 rings (SSSR count). The fourth-order valence-electron chi connectivity index (χ4n) is 2.97. The average molecular weight is 376 g/mol. The van der Waals surface area contributed by atoms with Crippen molar-refractivity contribution in [2.75, 3.05) is 25.2 Å². The highest BCUT2D eigenvalue weighted by Crippen LogP contribution is 2.47. The van der Waals surface area contributed by atoms with Gasteiger partial charge in [-0.25, -0.2) is 8.42 Å². The van der Waals surface area contributed by atoms with Gasteiger partial charge in [0.15, 0.2) is 9.84 Å². The molecule has 1 amide bonds. The molecule has 2 aromatic rings. The van der Waals surface area contributed by atoms with Crippen LogP contribution < -0.4 is 5.32 Å². The SMILES string of the molecule is C[C@H]1C[C@H]1c1ccc(CN(C)CC(=O)Nc2cccc(S(C)(=O)=O)c2)o1. The lowest BCUT2D eigenvalue weighted by Crippen LogP contribution is -2.29. The van der Waals surface area contributed by atoms with E-state index in [9.17, 15) is 13.2 Å². The van der Waals surface area contributed by atoms with Crippen molar-refractivity contribution < 1.29 is 17.6 Å². The number of rotatable bonds is 7. The zero-order valence-electron chi connectivity index (χ0n) is 15.2. The molecule has 0 aliphatic heterocycles. The lowest BCUT2D eigenvalue weighted by Gasteiger charge is -2.15. The number of nitrogens with zero attached hydrogens (tertiary/aromatic N) is 1. The van der Waals surface area contributed by atoms with Gasteiger partial charge in [-0.2, -0.15) is 0 Å². The summed E-state index contributed by atoms with van der Waals surface area (Å²) in [5.74, 6) is 2.90. The number of likely N-dealkylation sites (N-methyl/N-ethyl adjacent to an activating group) is 1. The molecule has 1 fully saturated rings. The fraction of sp³-hybridized carbons (Fsp3) is 0.421. The molecule has 0 spiro atoms. The van der Waals surface area contributed by atoms with Gasteiger partial charge < -0.3 is 9.73 Å². The summed E-state index contributed by atoms with van der Waals surface area (Å²) in [5.41, 5.74) is 0.467. The fourth-order valence-corrected chi connectivity index (χ4v) is 3.64. The maximum Gasteiger partial charge on any atom is 0.238 e. The van der Waals surface area contributed by atoms with Crippen LogP contribution in [0.5, 0.6) is 0 Å². The Hall–Kier alpha value is -2.12. The number of hydrogen-bond donors (Lipinski definition) is 1. The van der Waals surface area contributed by atoms with Crippen LogP contribution in [-0.2, 0) is 21.2 Å². The van der Waals surface area contributed by atoms with Gasteiger partial charge in [-0.3, -0.25) is 9.69 Å². The Kier molecular flexibility index (Phi) is 5.20. The van der Waals surface area contributed by atoms with Crippen LogP contribution in [0.15, 0.2) is 45.7 Å². The lowest BCUT2D eigenvalue weighted by molar-refractivity contribution is -0.117. The largest absolute Gasteiger partial charge is 0.464 e. The second-order valence-electron chi connectivity index (χ2n) is 7.14. The molecule has 1 aromatic heterocycles. The quantitative estimate of drug-likeness (QED) is 0.804. The van der Waals surface area contributed by atoms with Gasteiger partial charge >= 0.3 is 0 Å². The van der Waals surface area contributed by atoms with Gasteiger partial charge in [0.05, 0.1) is 18.0 Å². The molecule has 1 saturated carbocycles. The molecule has 1 aromatic carbocycles. The Bertz CT molecular complexity index is 904. The molecule has 2 atom stereocenters. The van der Waals surface area contributed by atoms with E-state index in [0.29, 0.717) is 24.1 Å². The maximum atomic E-state index is 12.2. The van der Waals surface area contributed by atoms with E-state index in [1.807, 2.05) is 24.1 Å². The minimum Gasteiger partial charge on any atom is -0.464 e. The van der Waals surface area contributed by atoms with Crippen LogP contribution in [-0.4, -0.2) is 39.1 Å². The Labute approximate surface area is 154 Å². The number of nitrogens with one attached hydrogen (secondary N) is 1. The number of anilines is 1. The second kappa shape index (κ2) is 7.25. The van der Waals surface area contributed by atoms with Gasteiger partial charge in [0.1, 0.15) is 11.5 Å². The molecule has 1 aliphatic carbocycles. The van der Waals surface area contributed by atoms with E-state index in [1.54, 1.807) is 12.1 Å². The smallest absolute Gasteiger partial charge is 0.238 e. The minimum atomic E-state index is -3.30. The molecule has 1 N–H and O–H groups in total. The Morgan fingerprint density at radius 1 is 1.31 bits per heavy atom. The van der Waals surface area contributed by atoms with E-state index >= 15 is 0 Å². The molecule has 7 heteroatoms. The van der Waals surface area contributed by atoms with Crippen molar-refractivity contribution >= 4 is 21.4 Å². The van der Waals surface area contributed by atoms with Crippen molar-refractivity contribution in [3.63, 3.8) is 0 Å². The van der Waals surface area contributed by atoms with E-state index in [2.05, 4.69) is 12.2 Å². The van der Waals surface area contributed by atoms with Gasteiger partial charge in [-0.1, -0.05) is 13.0 Å². The van der Waals surface area contributed by atoms with Crippen molar-refractivity contribution in [3.05, 3.63) is 47.9 Å². The topological polar surface area (TPSA) is 79.6 Å². The van der Waals surface area contributed by atoms with Gasteiger partial charge in [-0.15, -0.1) is 0 Å². The van der Waals surface area contributed by atoms with Crippen LogP contribution >= 0.6 is 0 Å². The summed E-state index contributed by atoms with van der Waals surface area (Å²) < 4.78 is 29.1. The highest BCUT2D eigenvalue weighted by Gasteiger charge is 2.36. The van der Waals surface area contributed by atoms with Crippen LogP contribution in [0.2, 0.25) is 0 Å². The number of furan rings is 1. The zero-order valence-corrected chi connectivity index (χ0v) is 16.0. The molecule has 1 heterocycles. The van der Waals surface area contributed by atoms with Crippen LogP contribution in [0, 0.1) is 5.92 Å². The summed E-state index contributed by atoms with van der Waals surface area (Å²) >= 11 is 0. The van der Waals surface area contributed by atoms with E-state index in [4.69, 9.17) is 4.42 Å². The number of carbonyl (C=O) groups is 1. The first-order chi connectivity index (χ1) is 12.2. The number of hydrogen-bond acceptors (Lipinski definition) is 5. The first kappa shape index (κ1) is 18.7. The minimum absolute atomic E-state index is 0.180. The predicted molar refractivity (Wildman–Crippen MR) is 99.7 cm³/mol. The summed E-state index contributed by atoms with van der Waals surface area (Å²) in [6, 6.07) is 10.2. The molecule has 0 bridgehead atoms. The molecule has 0 saturated heterocycles. The van der Waals surface area contributed by atoms with Gasteiger partial charge in [0.25, 0.3) is 0 Å². The molecular weight excluding hydrogens is 352 g/mol. The van der Waals surface area contributed by atoms with Gasteiger partial charge in [0, 0.05) is 17.9 Å². The van der Waals surface area contributed by atoms with Gasteiger partial charge in [0.2, 0.25) is 5.91 Å². The normalized spacial score (nSPS) is 19.5. The Balaban J connectivity index is 1.53. The summed E-state index contributed by atoms with van der Waals surface area (Å²) in [6.45, 7) is 2.93. The van der Waals surface area contributed by atoms with Crippen molar-refractivity contribution in [3.8, 4) is 0 Å². The molecule has 26 heavy (non-hydrogen) atoms. The monoisotopic (exact) mass is 376 g/mol. The predicted octanol–water partition coefficient (Wildman–Crippen LogP) is 2.88. The molecule has 1 aliphatic rings. The number of carbonyl (C=O) groups excluding carboxylic acids is 1. The third-order valence-corrected chi connectivity index (χ3v) is 5.65. The van der Waals surface area contributed by atoms with Crippen LogP contribution in [0.4, 0.5) is 5.69 Å². The molecule has 0 radical (unpaired) electrons. The molecular formula is C19H24N2O4S. The highest BCUT2D eigenvalue weighted by atomic mass is 32.2. The summed E-state index contributed by atoms with van der Waals surface area (Å²) in [5, 5.41) is 2.73. The first-order valence-electron chi connectivity index (χ1n) is 8.59.